The molecule has 8 heteroatoms. The van der Waals surface area contributed by atoms with Gasteiger partial charge in [0.05, 0.1) is 6.26 Å². The van der Waals surface area contributed by atoms with Gasteiger partial charge in [0.25, 0.3) is 11.0 Å². The van der Waals surface area contributed by atoms with Crippen molar-refractivity contribution < 1.29 is 27.3 Å². The molecule has 0 spiro atoms. The number of carbonyl (C=O) groups excluding carboxylic acids is 2. The number of hydrogen-bond donors (Lipinski definition) is 3. The van der Waals surface area contributed by atoms with Crippen LogP contribution in [0.15, 0.2) is 25.5 Å². The first-order valence-electron chi connectivity index (χ1n) is 3.31. The van der Waals surface area contributed by atoms with Crippen molar-refractivity contribution in [2.75, 3.05) is 0 Å². The maximum atomic E-state index is 9.75. The van der Waals surface area contributed by atoms with Gasteiger partial charge in [-0.2, -0.15) is 0 Å². The first-order valence-corrected chi connectivity index (χ1v) is 4.44. The molecule has 0 bridgehead atoms. The summed E-state index contributed by atoms with van der Waals surface area (Å²) >= 11 is 0. The van der Waals surface area contributed by atoms with E-state index in [0.717, 1.165) is 12.3 Å². The van der Waals surface area contributed by atoms with Crippen LogP contribution in [0.25, 0.3) is 0 Å². The minimum absolute atomic E-state index is 0.329. The third-order valence-corrected chi connectivity index (χ3v) is 0.450. The second-order valence-electron chi connectivity index (χ2n) is 1.62. The first kappa shape index (κ1) is 19.0. The molecule has 0 saturated heterocycles. The largest absolute Gasteiger partial charge is 0.435 e. The topological polar surface area (TPSA) is 124 Å². The van der Waals surface area contributed by atoms with E-state index < -0.39 is 16.9 Å². The Morgan fingerprint density at radius 3 is 1.67 bits per heavy atom. The highest BCUT2D eigenvalue weighted by Crippen LogP contribution is 1.70. The molecule has 0 fully saturated rings. The highest BCUT2D eigenvalue weighted by atomic mass is 32.2. The fourth-order valence-corrected chi connectivity index (χ4v) is 0.117. The van der Waals surface area contributed by atoms with Crippen LogP contribution >= 0.6 is 0 Å². The number of primary amides is 1. The van der Waals surface area contributed by atoms with E-state index in [1.54, 1.807) is 0 Å². The first-order chi connectivity index (χ1) is 6.77. The van der Waals surface area contributed by atoms with Gasteiger partial charge in [0.1, 0.15) is 0 Å². The van der Waals surface area contributed by atoms with E-state index in [1.165, 1.54) is 6.92 Å². The van der Waals surface area contributed by atoms with Crippen molar-refractivity contribution in [3.05, 3.63) is 25.5 Å². The number of hydrogen-bond acceptors (Lipinski definition) is 5. The van der Waals surface area contributed by atoms with Gasteiger partial charge in [-0.1, -0.05) is 13.2 Å². The Kier molecular flexibility index (Phi) is 18.8. The number of thiol groups is 1. The molecular weight excluding hydrogens is 226 g/mol. The van der Waals surface area contributed by atoms with Gasteiger partial charge >= 0.3 is 5.97 Å². The van der Waals surface area contributed by atoms with Crippen molar-refractivity contribution in [1.29, 1.82) is 0 Å². The molecule has 15 heavy (non-hydrogen) atoms. The second-order valence-corrected chi connectivity index (χ2v) is 2.10. The highest BCUT2D eigenvalue weighted by molar-refractivity contribution is 7.66. The third kappa shape index (κ3) is 119. The fraction of sp³-hybridized carbons (Fsp3) is 0.143. The van der Waals surface area contributed by atoms with Crippen LogP contribution in [0.5, 0.6) is 0 Å². The number of amides is 1. The molecule has 0 radical (unpaired) electrons. The van der Waals surface area contributed by atoms with E-state index >= 15 is 0 Å². The average molecular weight is 239 g/mol. The monoisotopic (exact) mass is 239 g/mol. The van der Waals surface area contributed by atoms with Crippen molar-refractivity contribution in [2.24, 2.45) is 5.73 Å². The molecule has 3 N–H and O–H groups in total. The summed E-state index contributed by atoms with van der Waals surface area (Å²) in [6, 6.07) is 0. The molecule has 0 unspecified atom stereocenters. The smallest absolute Gasteiger partial charge is 0.307 e. The summed E-state index contributed by atoms with van der Waals surface area (Å²) in [5.41, 5.74) is 4.53. The maximum Gasteiger partial charge on any atom is 0.307 e. The quantitative estimate of drug-likeness (QED) is 0.195. The van der Waals surface area contributed by atoms with E-state index in [9.17, 15) is 9.59 Å². The Hall–Kier alpha value is -1.67. The molecule has 0 aliphatic heterocycles. The summed E-state index contributed by atoms with van der Waals surface area (Å²) in [4.78, 5) is 19.2. The molecule has 0 rings (SSSR count). The van der Waals surface area contributed by atoms with Crippen LogP contribution in [-0.2, 0) is 25.3 Å². The number of rotatable bonds is 2. The van der Waals surface area contributed by atoms with Crippen LogP contribution in [0.2, 0.25) is 0 Å². The predicted molar refractivity (Wildman–Crippen MR) is 54.3 cm³/mol. The molecule has 0 atom stereocenters. The van der Waals surface area contributed by atoms with E-state index in [0.29, 0.717) is 0 Å². The molecule has 0 saturated carbocycles. The minimum atomic E-state index is -3.12. The van der Waals surface area contributed by atoms with Crippen LogP contribution in [-0.4, -0.2) is 24.8 Å². The molecule has 7 nitrogen and oxygen atoms in total. The van der Waals surface area contributed by atoms with Crippen molar-refractivity contribution in [3.63, 3.8) is 0 Å². The van der Waals surface area contributed by atoms with Gasteiger partial charge in [0, 0.05) is 6.92 Å². The van der Waals surface area contributed by atoms with Crippen LogP contribution < -0.4 is 5.73 Å². The van der Waals surface area contributed by atoms with Crippen molar-refractivity contribution >= 4 is 22.9 Å². The molecule has 0 aromatic heterocycles. The summed E-state index contributed by atoms with van der Waals surface area (Å²) in [5, 5.41) is 0. The summed E-state index contributed by atoms with van der Waals surface area (Å²) in [6.45, 7) is 7.56. The Labute approximate surface area is 89.0 Å². The summed E-state index contributed by atoms with van der Waals surface area (Å²) in [5.74, 6) is -0.810. The van der Waals surface area contributed by atoms with Crippen LogP contribution in [0.4, 0.5) is 0 Å². The number of ether oxygens (including phenoxy) is 1. The number of nitrogens with two attached hydrogens (primary N) is 1. The van der Waals surface area contributed by atoms with Gasteiger partial charge in [-0.15, -0.1) is 0 Å². The molecule has 0 aliphatic carbocycles. The van der Waals surface area contributed by atoms with Crippen molar-refractivity contribution in [3.8, 4) is 0 Å². The Balaban J connectivity index is -0.000000147. The second kappa shape index (κ2) is 14.8. The van der Waals surface area contributed by atoms with Gasteiger partial charge in [-0.25, -0.2) is 8.42 Å². The summed E-state index contributed by atoms with van der Waals surface area (Å²) in [7, 11) is -3.12. The predicted octanol–water partition coefficient (Wildman–Crippen LogP) is -0.578. The van der Waals surface area contributed by atoms with Gasteiger partial charge < -0.3 is 10.5 Å². The number of esters is 1. The average Bonchev–Trinajstić information content (AvgIpc) is 2.03. The van der Waals surface area contributed by atoms with E-state index in [4.69, 9.17) is 13.0 Å². The third-order valence-electron chi connectivity index (χ3n) is 0.450. The van der Waals surface area contributed by atoms with Crippen LogP contribution in [0.1, 0.15) is 6.92 Å². The van der Waals surface area contributed by atoms with E-state index in [2.05, 4.69) is 23.6 Å². The van der Waals surface area contributed by atoms with Crippen LogP contribution in [0, 0.1) is 0 Å². The molecule has 88 valence electrons. The number of carbonyl (C=O) groups is 2. The van der Waals surface area contributed by atoms with Crippen molar-refractivity contribution in [1.82, 2.24) is 0 Å². The summed E-state index contributed by atoms with van der Waals surface area (Å²) in [6.07, 6.45) is 2.16. The normalized spacial score (nSPS) is 7.13. The van der Waals surface area contributed by atoms with Crippen molar-refractivity contribution in [2.45, 2.75) is 6.92 Å². The highest BCUT2D eigenvalue weighted by Gasteiger charge is 1.79. The molecule has 0 aromatic carbocycles. The SMILES string of the molecule is C=CC(N)=O.C=COC(C)=O.O=[SH](=O)O. The Morgan fingerprint density at radius 1 is 1.40 bits per heavy atom. The lowest BCUT2D eigenvalue weighted by atomic mass is 10.6. The maximum absolute atomic E-state index is 9.75. The van der Waals surface area contributed by atoms with Gasteiger partial charge in [-0.3, -0.25) is 14.1 Å². The standard InChI is InChI=1S/C4H6O2.C3H5NO.H2O3S/c1-3-6-4(2)5;1-2-3(4)5;1-4(2)3/h3H,1H2,2H3;2H,1H2,(H2,4,5);4H,(H,1,2,3). The lowest BCUT2D eigenvalue weighted by Crippen LogP contribution is -2.04. The van der Waals surface area contributed by atoms with Gasteiger partial charge in [-0.05, 0) is 6.08 Å². The zero-order valence-electron chi connectivity index (χ0n) is 8.08. The molecule has 1 amide bonds. The van der Waals surface area contributed by atoms with E-state index in [1.807, 2.05) is 0 Å². The van der Waals surface area contributed by atoms with E-state index in [-0.39, 0.29) is 5.97 Å². The van der Waals surface area contributed by atoms with Crippen LogP contribution in [0.3, 0.4) is 0 Å². The Morgan fingerprint density at radius 2 is 1.67 bits per heavy atom. The zero-order valence-corrected chi connectivity index (χ0v) is 8.98. The molecule has 0 aliphatic rings. The van der Waals surface area contributed by atoms with Gasteiger partial charge in [0.15, 0.2) is 0 Å². The lowest BCUT2D eigenvalue weighted by molar-refractivity contribution is -0.135. The molecule has 0 heterocycles. The minimum Gasteiger partial charge on any atom is -0.435 e. The lowest BCUT2D eigenvalue weighted by Gasteiger charge is -1.83. The zero-order chi connectivity index (χ0) is 12.9. The fourth-order valence-electron chi connectivity index (χ4n) is 0.117. The Bertz CT molecular complexity index is 275. The van der Waals surface area contributed by atoms with Gasteiger partial charge in [0.2, 0.25) is 5.91 Å². The summed E-state index contributed by atoms with van der Waals surface area (Å²) < 4.78 is 28.4. The molecule has 0 aromatic rings. The molecular formula is C7H13NO6S.